The van der Waals surface area contributed by atoms with Crippen LogP contribution in [0, 0.1) is 0 Å². The van der Waals surface area contributed by atoms with Gasteiger partial charge in [-0.25, -0.2) is 4.79 Å². The summed E-state index contributed by atoms with van der Waals surface area (Å²) in [5.74, 6) is -0.523. The summed E-state index contributed by atoms with van der Waals surface area (Å²) in [5, 5.41) is 10.8. The number of carbonyl (C=O) groups is 2. The van der Waals surface area contributed by atoms with Crippen LogP contribution in [-0.4, -0.2) is 31.1 Å². The number of carbonyl (C=O) groups excluding carboxylic acids is 2. The molecule has 0 saturated carbocycles. The lowest BCUT2D eigenvalue weighted by molar-refractivity contribution is -0.160. The molecule has 20 heavy (non-hydrogen) atoms. The van der Waals surface area contributed by atoms with Gasteiger partial charge in [-0.2, -0.15) is 0 Å². The fourth-order valence-corrected chi connectivity index (χ4v) is 2.31. The third kappa shape index (κ3) is 2.20. The molecule has 0 radical (unpaired) electrons. The minimum absolute atomic E-state index is 0.0783. The van der Waals surface area contributed by atoms with E-state index in [4.69, 9.17) is 4.74 Å². The molecular formula is C15H16O5. The van der Waals surface area contributed by atoms with E-state index in [9.17, 15) is 14.7 Å². The Morgan fingerprint density at radius 1 is 1.25 bits per heavy atom. The van der Waals surface area contributed by atoms with Gasteiger partial charge in [0.1, 0.15) is 5.75 Å². The summed E-state index contributed by atoms with van der Waals surface area (Å²) in [6.07, 6.45) is 2.40. The standard InChI is InChI=1S/C15H16O5/c1-19-11-8-6-10(7-9-11)15(18,14(17)20-2)12-4-3-5-13(12)16/h4,6-9,18H,3,5H2,1-2H3. The Hall–Kier alpha value is -2.14. The zero-order valence-corrected chi connectivity index (χ0v) is 11.4. The minimum atomic E-state index is -2.06. The van der Waals surface area contributed by atoms with Crippen molar-refractivity contribution in [2.75, 3.05) is 14.2 Å². The lowest BCUT2D eigenvalue weighted by atomic mass is 9.85. The molecule has 0 saturated heterocycles. The smallest absolute Gasteiger partial charge is 0.347 e. The molecule has 0 bridgehead atoms. The van der Waals surface area contributed by atoms with Crippen molar-refractivity contribution < 1.29 is 24.2 Å². The molecule has 5 nitrogen and oxygen atoms in total. The van der Waals surface area contributed by atoms with E-state index in [0.29, 0.717) is 18.6 Å². The fourth-order valence-electron chi connectivity index (χ4n) is 2.31. The zero-order valence-electron chi connectivity index (χ0n) is 11.4. The average molecular weight is 276 g/mol. The van der Waals surface area contributed by atoms with Gasteiger partial charge in [-0.05, 0) is 24.1 Å². The first-order chi connectivity index (χ1) is 9.53. The SMILES string of the molecule is COC(=O)C(O)(C1=CCCC1=O)c1ccc(OC)cc1. The predicted octanol–water partition coefficient (Wildman–Crippen LogP) is 1.35. The molecule has 5 heteroatoms. The van der Waals surface area contributed by atoms with Crippen LogP contribution in [0.5, 0.6) is 5.75 Å². The molecule has 2 rings (SSSR count). The van der Waals surface area contributed by atoms with Crippen LogP contribution in [-0.2, 0) is 19.9 Å². The number of benzene rings is 1. The van der Waals surface area contributed by atoms with Gasteiger partial charge in [0.2, 0.25) is 5.60 Å². The number of esters is 1. The molecule has 106 valence electrons. The largest absolute Gasteiger partial charge is 0.497 e. The molecule has 1 unspecified atom stereocenters. The van der Waals surface area contributed by atoms with Crippen LogP contribution >= 0.6 is 0 Å². The van der Waals surface area contributed by atoms with E-state index in [-0.39, 0.29) is 16.9 Å². The van der Waals surface area contributed by atoms with E-state index < -0.39 is 11.6 Å². The Kier molecular flexibility index (Phi) is 3.90. The monoisotopic (exact) mass is 276 g/mol. The lowest BCUT2D eigenvalue weighted by Crippen LogP contribution is -2.40. The predicted molar refractivity (Wildman–Crippen MR) is 71.2 cm³/mol. The number of hydrogen-bond acceptors (Lipinski definition) is 5. The van der Waals surface area contributed by atoms with Crippen LogP contribution in [0.25, 0.3) is 0 Å². The molecule has 0 spiro atoms. The maximum absolute atomic E-state index is 12.0. The number of rotatable bonds is 4. The van der Waals surface area contributed by atoms with Gasteiger partial charge in [0.25, 0.3) is 0 Å². The molecule has 1 aromatic carbocycles. The highest BCUT2D eigenvalue weighted by atomic mass is 16.5. The van der Waals surface area contributed by atoms with Crippen LogP contribution < -0.4 is 4.74 Å². The molecule has 0 aromatic heterocycles. The second kappa shape index (κ2) is 5.46. The third-order valence-corrected chi connectivity index (χ3v) is 3.40. The topological polar surface area (TPSA) is 72.8 Å². The Morgan fingerprint density at radius 3 is 2.35 bits per heavy atom. The number of allylic oxidation sites excluding steroid dienone is 1. The van der Waals surface area contributed by atoms with Crippen molar-refractivity contribution >= 4 is 11.8 Å². The van der Waals surface area contributed by atoms with Crippen molar-refractivity contribution in [2.24, 2.45) is 0 Å². The normalized spacial score (nSPS) is 17.4. The zero-order chi connectivity index (χ0) is 14.8. The van der Waals surface area contributed by atoms with Crippen molar-refractivity contribution in [3.8, 4) is 5.75 Å². The van der Waals surface area contributed by atoms with Crippen molar-refractivity contribution in [1.82, 2.24) is 0 Å². The van der Waals surface area contributed by atoms with E-state index in [1.165, 1.54) is 14.2 Å². The number of ketones is 1. The van der Waals surface area contributed by atoms with Gasteiger partial charge in [0, 0.05) is 12.0 Å². The Balaban J connectivity index is 2.51. The minimum Gasteiger partial charge on any atom is -0.497 e. The van der Waals surface area contributed by atoms with Gasteiger partial charge in [0.05, 0.1) is 14.2 Å². The second-order valence-corrected chi connectivity index (χ2v) is 4.51. The van der Waals surface area contributed by atoms with E-state index in [0.717, 1.165) is 0 Å². The molecule has 1 N–H and O–H groups in total. The first kappa shape index (κ1) is 14.3. The van der Waals surface area contributed by atoms with Crippen LogP contribution in [0.1, 0.15) is 18.4 Å². The maximum Gasteiger partial charge on any atom is 0.347 e. The number of methoxy groups -OCH3 is 2. The summed E-state index contributed by atoms with van der Waals surface area (Å²) in [5.41, 5.74) is -1.70. The van der Waals surface area contributed by atoms with Gasteiger partial charge in [-0.1, -0.05) is 18.2 Å². The summed E-state index contributed by atoms with van der Waals surface area (Å²) in [7, 11) is 2.70. The number of aliphatic hydroxyl groups is 1. The summed E-state index contributed by atoms with van der Waals surface area (Å²) in [4.78, 5) is 23.9. The molecule has 1 aliphatic carbocycles. The lowest BCUT2D eigenvalue weighted by Gasteiger charge is -2.26. The quantitative estimate of drug-likeness (QED) is 0.840. The Morgan fingerprint density at radius 2 is 1.90 bits per heavy atom. The van der Waals surface area contributed by atoms with Gasteiger partial charge < -0.3 is 14.6 Å². The molecule has 1 atom stereocenters. The van der Waals surface area contributed by atoms with Crippen molar-refractivity contribution in [1.29, 1.82) is 0 Å². The molecule has 0 heterocycles. The number of hydrogen-bond donors (Lipinski definition) is 1. The summed E-state index contributed by atoms with van der Waals surface area (Å²) in [6.45, 7) is 0. The first-order valence-corrected chi connectivity index (χ1v) is 6.23. The molecular weight excluding hydrogens is 260 g/mol. The molecule has 0 amide bonds. The van der Waals surface area contributed by atoms with E-state index in [1.807, 2.05) is 0 Å². The van der Waals surface area contributed by atoms with Crippen LogP contribution in [0.15, 0.2) is 35.9 Å². The summed E-state index contributed by atoms with van der Waals surface area (Å²) < 4.78 is 9.71. The highest BCUT2D eigenvalue weighted by Gasteiger charge is 2.46. The van der Waals surface area contributed by atoms with Crippen molar-refractivity contribution in [2.45, 2.75) is 18.4 Å². The first-order valence-electron chi connectivity index (χ1n) is 6.23. The Bertz CT molecular complexity index is 558. The van der Waals surface area contributed by atoms with Crippen molar-refractivity contribution in [3.63, 3.8) is 0 Å². The van der Waals surface area contributed by atoms with E-state index >= 15 is 0 Å². The highest BCUT2D eigenvalue weighted by molar-refractivity contribution is 6.06. The average Bonchev–Trinajstić information content (AvgIpc) is 2.92. The van der Waals surface area contributed by atoms with Gasteiger partial charge in [-0.15, -0.1) is 0 Å². The van der Waals surface area contributed by atoms with E-state index in [1.54, 1.807) is 30.3 Å². The van der Waals surface area contributed by atoms with Crippen LogP contribution in [0.3, 0.4) is 0 Å². The van der Waals surface area contributed by atoms with Crippen LogP contribution in [0.4, 0.5) is 0 Å². The molecule has 0 aliphatic heterocycles. The highest BCUT2D eigenvalue weighted by Crippen LogP contribution is 2.36. The molecule has 1 aliphatic rings. The summed E-state index contributed by atoms with van der Waals surface area (Å²) >= 11 is 0. The number of Topliss-reactive ketones (excluding diaryl/α,β-unsaturated/α-hetero) is 1. The van der Waals surface area contributed by atoms with E-state index in [2.05, 4.69) is 4.74 Å². The van der Waals surface area contributed by atoms with Gasteiger partial charge in [0.15, 0.2) is 5.78 Å². The second-order valence-electron chi connectivity index (χ2n) is 4.51. The fraction of sp³-hybridized carbons (Fsp3) is 0.333. The summed E-state index contributed by atoms with van der Waals surface area (Å²) in [6, 6.07) is 6.32. The third-order valence-electron chi connectivity index (χ3n) is 3.40. The number of ether oxygens (including phenoxy) is 2. The molecule has 1 aromatic rings. The van der Waals surface area contributed by atoms with Crippen LogP contribution in [0.2, 0.25) is 0 Å². The molecule has 0 fully saturated rings. The van der Waals surface area contributed by atoms with Gasteiger partial charge in [-0.3, -0.25) is 4.79 Å². The van der Waals surface area contributed by atoms with Gasteiger partial charge >= 0.3 is 5.97 Å². The maximum atomic E-state index is 12.0. The van der Waals surface area contributed by atoms with Crippen molar-refractivity contribution in [3.05, 3.63) is 41.5 Å². The Labute approximate surface area is 116 Å².